The summed E-state index contributed by atoms with van der Waals surface area (Å²) in [6.45, 7) is 4.41. The van der Waals surface area contributed by atoms with Crippen molar-refractivity contribution in [2.45, 2.75) is 13.3 Å². The van der Waals surface area contributed by atoms with Crippen LogP contribution in [0.1, 0.15) is 13.3 Å². The normalized spacial score (nSPS) is 30.8. The first-order chi connectivity index (χ1) is 6.16. The number of hydrogen-bond acceptors (Lipinski definition) is 1. The number of rotatable bonds is 1. The van der Waals surface area contributed by atoms with Crippen molar-refractivity contribution in [3.63, 3.8) is 0 Å². The molecule has 0 aromatic carbocycles. The molecule has 1 aliphatic heterocycles. The highest BCUT2D eigenvalue weighted by Gasteiger charge is 2.30. The molecule has 1 saturated heterocycles. The summed E-state index contributed by atoms with van der Waals surface area (Å²) in [6, 6.07) is 0. The Morgan fingerprint density at radius 1 is 1.38 bits per heavy atom. The van der Waals surface area contributed by atoms with Crippen molar-refractivity contribution in [2.75, 3.05) is 20.1 Å². The monoisotopic (exact) mass is 181 g/mol. The van der Waals surface area contributed by atoms with Gasteiger partial charge < -0.3 is 4.90 Å². The lowest BCUT2D eigenvalue weighted by atomic mass is 9.80. The third-order valence-corrected chi connectivity index (χ3v) is 3.06. The molecule has 0 bridgehead atoms. The summed E-state index contributed by atoms with van der Waals surface area (Å²) in [4.78, 5) is 2.30. The maximum absolute atomic E-state index is 12.9. The molecule has 0 spiro atoms. The van der Waals surface area contributed by atoms with Gasteiger partial charge in [-0.3, -0.25) is 0 Å². The summed E-state index contributed by atoms with van der Waals surface area (Å²) in [6.07, 6.45) is 4.22. The van der Waals surface area contributed by atoms with Gasteiger partial charge in [0, 0.05) is 25.4 Å². The van der Waals surface area contributed by atoms with Crippen LogP contribution in [0.15, 0.2) is 23.6 Å². The molecule has 0 N–H and O–H groups in total. The summed E-state index contributed by atoms with van der Waals surface area (Å²) >= 11 is 0. The van der Waals surface area contributed by atoms with Crippen LogP contribution in [0.25, 0.3) is 0 Å². The van der Waals surface area contributed by atoms with Crippen molar-refractivity contribution >= 4 is 0 Å². The molecule has 1 fully saturated rings. The van der Waals surface area contributed by atoms with Crippen LogP contribution >= 0.6 is 0 Å². The third-order valence-electron chi connectivity index (χ3n) is 3.06. The van der Waals surface area contributed by atoms with Gasteiger partial charge in [-0.05, 0) is 19.0 Å². The molecule has 13 heavy (non-hydrogen) atoms. The molecule has 1 aliphatic carbocycles. The van der Waals surface area contributed by atoms with E-state index >= 15 is 0 Å². The summed E-state index contributed by atoms with van der Waals surface area (Å²) in [5.41, 5.74) is 1.44. The van der Waals surface area contributed by atoms with E-state index in [-0.39, 0.29) is 5.83 Å². The predicted octanol–water partition coefficient (Wildman–Crippen LogP) is 2.37. The van der Waals surface area contributed by atoms with Crippen molar-refractivity contribution in [3.8, 4) is 0 Å². The van der Waals surface area contributed by atoms with E-state index in [1.807, 2.05) is 6.08 Å². The number of hydrogen-bond donors (Lipinski definition) is 0. The van der Waals surface area contributed by atoms with Crippen LogP contribution in [0.2, 0.25) is 0 Å². The molecular weight excluding hydrogens is 165 g/mol. The van der Waals surface area contributed by atoms with Crippen molar-refractivity contribution in [3.05, 3.63) is 23.6 Å². The Kier molecular flexibility index (Phi) is 2.24. The second-order valence-electron chi connectivity index (χ2n) is 4.30. The molecule has 2 aliphatic rings. The van der Waals surface area contributed by atoms with Crippen LogP contribution in [0.3, 0.4) is 0 Å². The quantitative estimate of drug-likeness (QED) is 0.600. The van der Waals surface area contributed by atoms with E-state index in [9.17, 15) is 4.39 Å². The highest BCUT2D eigenvalue weighted by molar-refractivity contribution is 5.26. The van der Waals surface area contributed by atoms with Crippen LogP contribution < -0.4 is 0 Å². The first-order valence-electron chi connectivity index (χ1n) is 4.91. The van der Waals surface area contributed by atoms with Gasteiger partial charge in [0.15, 0.2) is 0 Å². The highest BCUT2D eigenvalue weighted by Crippen LogP contribution is 2.34. The van der Waals surface area contributed by atoms with Crippen molar-refractivity contribution in [1.82, 2.24) is 4.90 Å². The summed E-state index contributed by atoms with van der Waals surface area (Å²) in [7, 11) is 2.13. The fourth-order valence-corrected chi connectivity index (χ4v) is 2.28. The number of halogens is 1. The van der Waals surface area contributed by atoms with E-state index in [2.05, 4.69) is 18.9 Å². The minimum Gasteiger partial charge on any atom is -0.305 e. The van der Waals surface area contributed by atoms with E-state index in [1.54, 1.807) is 6.08 Å². The molecule has 1 atom stereocenters. The molecule has 0 radical (unpaired) electrons. The predicted molar refractivity (Wildman–Crippen MR) is 52.0 cm³/mol. The lowest BCUT2D eigenvalue weighted by Gasteiger charge is -2.40. The van der Waals surface area contributed by atoms with E-state index in [0.717, 1.165) is 13.1 Å². The van der Waals surface area contributed by atoms with Crippen LogP contribution in [-0.2, 0) is 0 Å². The molecule has 2 rings (SSSR count). The number of likely N-dealkylation sites (tertiary alicyclic amines) is 1. The molecule has 1 heterocycles. The van der Waals surface area contributed by atoms with Crippen LogP contribution in [-0.4, -0.2) is 25.0 Å². The smallest absolute Gasteiger partial charge is 0.100 e. The average Bonchev–Trinajstić information content (AvgIpc) is 2.00. The van der Waals surface area contributed by atoms with Gasteiger partial charge in [0.25, 0.3) is 0 Å². The average molecular weight is 181 g/mol. The Morgan fingerprint density at radius 2 is 2.08 bits per heavy atom. The Balaban J connectivity index is 2.06. The lowest BCUT2D eigenvalue weighted by molar-refractivity contribution is 0.152. The Bertz CT molecular complexity index is 261. The van der Waals surface area contributed by atoms with E-state index in [0.29, 0.717) is 18.3 Å². The third kappa shape index (κ3) is 1.68. The first-order valence-corrected chi connectivity index (χ1v) is 4.91. The van der Waals surface area contributed by atoms with Crippen molar-refractivity contribution < 1.29 is 4.39 Å². The van der Waals surface area contributed by atoms with Gasteiger partial charge in [-0.15, -0.1) is 0 Å². The first kappa shape index (κ1) is 8.95. The molecule has 1 unspecified atom stereocenters. The fraction of sp³-hybridized carbons (Fsp3) is 0.636. The highest BCUT2D eigenvalue weighted by atomic mass is 19.1. The second-order valence-corrected chi connectivity index (χ2v) is 4.30. The number of nitrogens with zero attached hydrogens (tertiary/aromatic N) is 1. The molecule has 2 heteroatoms. The number of allylic oxidation sites excluding steroid dienone is 3. The van der Waals surface area contributed by atoms with Gasteiger partial charge in [-0.2, -0.15) is 0 Å². The molecule has 1 nitrogen and oxygen atoms in total. The molecule has 0 amide bonds. The lowest BCUT2D eigenvalue weighted by Crippen LogP contribution is -2.45. The molecule has 0 saturated carbocycles. The zero-order valence-electron chi connectivity index (χ0n) is 8.26. The zero-order chi connectivity index (χ0) is 9.42. The molecular formula is C11H16FN. The Morgan fingerprint density at radius 3 is 2.62 bits per heavy atom. The van der Waals surface area contributed by atoms with Crippen LogP contribution in [0.4, 0.5) is 4.39 Å². The molecule has 0 aromatic heterocycles. The maximum Gasteiger partial charge on any atom is 0.100 e. The van der Waals surface area contributed by atoms with Crippen molar-refractivity contribution in [2.24, 2.45) is 11.8 Å². The molecule has 72 valence electrons. The summed E-state index contributed by atoms with van der Waals surface area (Å²) in [5, 5.41) is 0. The van der Waals surface area contributed by atoms with E-state index < -0.39 is 0 Å². The Labute approximate surface area is 78.9 Å². The Hall–Kier alpha value is -0.630. The SMILES string of the molecule is CC1CC(F)=CC=C1C1CN(C)C1. The van der Waals surface area contributed by atoms with Gasteiger partial charge in [0.05, 0.1) is 0 Å². The fourth-order valence-electron chi connectivity index (χ4n) is 2.28. The van der Waals surface area contributed by atoms with E-state index in [4.69, 9.17) is 0 Å². The van der Waals surface area contributed by atoms with E-state index in [1.165, 1.54) is 5.57 Å². The van der Waals surface area contributed by atoms with Gasteiger partial charge in [0.1, 0.15) is 5.83 Å². The second kappa shape index (κ2) is 3.26. The van der Waals surface area contributed by atoms with Gasteiger partial charge in [-0.1, -0.05) is 18.6 Å². The van der Waals surface area contributed by atoms with Gasteiger partial charge in [-0.25, -0.2) is 4.39 Å². The minimum atomic E-state index is 0.0314. The summed E-state index contributed by atoms with van der Waals surface area (Å²) < 4.78 is 12.9. The van der Waals surface area contributed by atoms with Crippen LogP contribution in [0, 0.1) is 11.8 Å². The van der Waals surface area contributed by atoms with Crippen molar-refractivity contribution in [1.29, 1.82) is 0 Å². The van der Waals surface area contributed by atoms with Gasteiger partial charge in [0.2, 0.25) is 0 Å². The zero-order valence-corrected chi connectivity index (χ0v) is 8.26. The summed E-state index contributed by atoms with van der Waals surface area (Å²) in [5.74, 6) is 1.12. The largest absolute Gasteiger partial charge is 0.305 e. The topological polar surface area (TPSA) is 3.24 Å². The minimum absolute atomic E-state index is 0.0314. The standard InChI is InChI=1S/C11H16FN/c1-8-5-10(12)3-4-11(8)9-6-13(2)7-9/h3-4,8-9H,5-7H2,1-2H3. The van der Waals surface area contributed by atoms with Gasteiger partial charge >= 0.3 is 0 Å². The molecule has 0 aromatic rings. The maximum atomic E-state index is 12.9. The van der Waals surface area contributed by atoms with Crippen LogP contribution in [0.5, 0.6) is 0 Å².